The topological polar surface area (TPSA) is 167 Å². The normalized spacial score (nSPS) is 27.0. The number of benzene rings is 2. The largest absolute Gasteiger partial charge is 0.444 e. The van der Waals surface area contributed by atoms with Gasteiger partial charge in [-0.3, -0.25) is 18.3 Å². The molecule has 1 saturated carbocycles. The first-order valence-electron chi connectivity index (χ1n) is 17.6. The lowest BCUT2D eigenvalue weighted by Crippen LogP contribution is -2.55. The predicted octanol–water partition coefficient (Wildman–Crippen LogP) is 6.01. The van der Waals surface area contributed by atoms with Gasteiger partial charge < -0.3 is 29.5 Å². The van der Waals surface area contributed by atoms with Gasteiger partial charge in [0.05, 0.1) is 30.4 Å². The van der Waals surface area contributed by atoms with Crippen molar-refractivity contribution in [3.63, 3.8) is 0 Å². The number of carbonyl (C=O) groups is 3. The van der Waals surface area contributed by atoms with Crippen LogP contribution in [-0.4, -0.2) is 86.7 Å². The van der Waals surface area contributed by atoms with Crippen molar-refractivity contribution in [1.82, 2.24) is 15.5 Å². The van der Waals surface area contributed by atoms with Crippen LogP contribution in [0.5, 0.6) is 0 Å². The molecule has 18 heteroatoms. The van der Waals surface area contributed by atoms with Crippen molar-refractivity contribution in [2.24, 2.45) is 5.92 Å². The van der Waals surface area contributed by atoms with Gasteiger partial charge in [-0.2, -0.15) is 8.42 Å². The highest BCUT2D eigenvalue weighted by Crippen LogP contribution is 2.74. The Balaban J connectivity index is 1.52. The smallest absolute Gasteiger partial charge is 0.408 e. The van der Waals surface area contributed by atoms with Crippen LogP contribution in [0.25, 0.3) is 0 Å². The van der Waals surface area contributed by atoms with Crippen molar-refractivity contribution in [3.8, 4) is 0 Å². The Labute approximate surface area is 322 Å². The number of halogens is 3. The Morgan fingerprint density at radius 2 is 1.81 bits per heavy atom. The summed E-state index contributed by atoms with van der Waals surface area (Å²) in [4.78, 5) is 42.7. The zero-order valence-electron chi connectivity index (χ0n) is 30.4. The molecule has 2 aromatic carbocycles. The second kappa shape index (κ2) is 16.9. The fourth-order valence-electron chi connectivity index (χ4n) is 6.76. The highest BCUT2D eigenvalue weighted by atomic mass is 79.9. The zero-order chi connectivity index (χ0) is 39.5. The van der Waals surface area contributed by atoms with Gasteiger partial charge in [-0.1, -0.05) is 34.1 Å². The van der Waals surface area contributed by atoms with Gasteiger partial charge in [0, 0.05) is 29.6 Å². The summed E-state index contributed by atoms with van der Waals surface area (Å²) in [6.45, 7) is 6.35. The standard InChI is InChI=1S/C36H45BrF2N3O10PS/c1-5-50-53(46,22-27-28(38)9-8-10-29(27)39)36-20-23(36)16-18-49-17-7-6-11-30(40-34(45)51-35(2,3)4)33(44)42-21-25(19-31(42)32(43)41-36)52-54(47,48)26-14-12-24(37)13-15-26/h6-10,12-15,23,25,30-31H,5,11,16-22H2,1-4H3,(H,40,45)(H,41,43)/b7-6+/t23-,25-,30-,31-,36-,53?/m0/s1. The molecule has 3 amide bonds. The number of rotatable bonds is 9. The third kappa shape index (κ3) is 9.77. The van der Waals surface area contributed by atoms with Gasteiger partial charge in [0.2, 0.25) is 19.2 Å². The van der Waals surface area contributed by atoms with E-state index in [1.807, 2.05) is 0 Å². The summed E-state index contributed by atoms with van der Waals surface area (Å²) in [7, 11) is -8.54. The van der Waals surface area contributed by atoms with Gasteiger partial charge in [-0.05, 0) is 89.3 Å². The zero-order valence-corrected chi connectivity index (χ0v) is 33.7. The summed E-state index contributed by atoms with van der Waals surface area (Å²) in [5.41, 5.74) is -1.36. The number of nitrogens with one attached hydrogen (secondary N) is 2. The van der Waals surface area contributed by atoms with E-state index in [1.54, 1.807) is 39.8 Å². The third-order valence-electron chi connectivity index (χ3n) is 9.35. The summed E-state index contributed by atoms with van der Waals surface area (Å²) in [6, 6.07) is 6.33. The summed E-state index contributed by atoms with van der Waals surface area (Å²) in [5.74, 6) is -3.90. The lowest BCUT2D eigenvalue weighted by atomic mass is 10.1. The van der Waals surface area contributed by atoms with E-state index in [4.69, 9.17) is 18.2 Å². The highest BCUT2D eigenvalue weighted by molar-refractivity contribution is 9.10. The van der Waals surface area contributed by atoms with Gasteiger partial charge >= 0.3 is 6.09 Å². The fourth-order valence-corrected chi connectivity index (χ4v) is 11.3. The number of hydrogen-bond donors (Lipinski definition) is 2. The summed E-state index contributed by atoms with van der Waals surface area (Å²) < 4.78 is 94.8. The quantitative estimate of drug-likeness (QED) is 0.173. The summed E-state index contributed by atoms with van der Waals surface area (Å²) >= 11 is 3.27. The Morgan fingerprint density at radius 3 is 2.46 bits per heavy atom. The van der Waals surface area contributed by atoms with Crippen LogP contribution in [0.15, 0.2) is 64.0 Å². The van der Waals surface area contributed by atoms with Crippen molar-refractivity contribution in [2.75, 3.05) is 26.4 Å². The average molecular weight is 861 g/mol. The minimum atomic E-state index is -4.38. The Hall–Kier alpha value is -3.21. The molecular formula is C36H45BrF2N3O10PS. The van der Waals surface area contributed by atoms with Crippen LogP contribution in [0.4, 0.5) is 13.6 Å². The number of amides is 3. The maximum absolute atomic E-state index is 15.0. The molecule has 1 aliphatic carbocycles. The summed E-state index contributed by atoms with van der Waals surface area (Å²) in [6.07, 6.45) is 0.612. The molecule has 0 aromatic heterocycles. The van der Waals surface area contributed by atoms with Gasteiger partial charge in [0.25, 0.3) is 10.1 Å². The predicted molar refractivity (Wildman–Crippen MR) is 197 cm³/mol. The van der Waals surface area contributed by atoms with Gasteiger partial charge in [0.15, 0.2) is 0 Å². The van der Waals surface area contributed by atoms with Crippen molar-refractivity contribution in [2.45, 2.75) is 93.5 Å². The monoisotopic (exact) mass is 859 g/mol. The van der Waals surface area contributed by atoms with E-state index in [0.717, 1.165) is 17.0 Å². The lowest BCUT2D eigenvalue weighted by Gasteiger charge is -2.33. The summed E-state index contributed by atoms with van der Waals surface area (Å²) in [5, 5.41) is 3.83. The van der Waals surface area contributed by atoms with Gasteiger partial charge in [-0.25, -0.2) is 13.6 Å². The van der Waals surface area contributed by atoms with Gasteiger partial charge in [0.1, 0.15) is 34.6 Å². The average Bonchev–Trinajstić information content (AvgIpc) is 3.63. The molecule has 2 fully saturated rings. The molecular weight excluding hydrogens is 815 g/mol. The fraction of sp³-hybridized carbons (Fsp3) is 0.528. The number of alkyl carbamates (subject to hydrolysis) is 1. The molecule has 1 saturated heterocycles. The van der Waals surface area contributed by atoms with Crippen molar-refractivity contribution >= 4 is 51.3 Å². The van der Waals surface area contributed by atoms with Crippen LogP contribution in [-0.2, 0) is 48.6 Å². The van der Waals surface area contributed by atoms with Crippen LogP contribution in [0, 0.1) is 17.6 Å². The van der Waals surface area contributed by atoms with Crippen LogP contribution < -0.4 is 10.6 Å². The molecule has 0 spiro atoms. The Kier molecular flexibility index (Phi) is 13.1. The molecule has 0 radical (unpaired) electrons. The minimum absolute atomic E-state index is 0.0324. The second-order valence-corrected chi connectivity index (χ2v) is 19.6. The molecule has 296 valence electrons. The second-order valence-electron chi connectivity index (χ2n) is 14.4. The molecule has 54 heavy (non-hydrogen) atoms. The number of ether oxygens (including phenoxy) is 2. The SMILES string of the molecule is CCOP(=O)(Cc1c(F)cccc1F)[C@@]12C[C@@H]1CCOC/C=C/C[C@H](NC(=O)OC(C)(C)C)C(=O)N1C[C@@H](OS(=O)(=O)c3ccc(Br)cc3)C[C@H]1C(=O)N2. The first-order valence-corrected chi connectivity index (χ1v) is 21.6. The molecule has 13 nitrogen and oxygen atoms in total. The molecule has 2 N–H and O–H groups in total. The van der Waals surface area contributed by atoms with Crippen molar-refractivity contribution in [1.29, 1.82) is 0 Å². The van der Waals surface area contributed by atoms with Crippen LogP contribution in [0.3, 0.4) is 0 Å². The number of carbonyl (C=O) groups excluding carboxylic acids is 3. The maximum Gasteiger partial charge on any atom is 0.408 e. The van der Waals surface area contributed by atoms with E-state index in [9.17, 15) is 36.1 Å². The maximum atomic E-state index is 15.0. The molecule has 2 aromatic rings. The number of nitrogens with zero attached hydrogens (tertiary/aromatic N) is 1. The molecule has 1 unspecified atom stereocenters. The molecule has 2 heterocycles. The molecule has 5 rings (SSSR count). The van der Waals surface area contributed by atoms with E-state index in [-0.39, 0.29) is 50.5 Å². The van der Waals surface area contributed by atoms with Crippen LogP contribution in [0.2, 0.25) is 0 Å². The van der Waals surface area contributed by atoms with Crippen LogP contribution in [0.1, 0.15) is 58.9 Å². The van der Waals surface area contributed by atoms with E-state index < -0.39 is 93.7 Å². The molecule has 0 bridgehead atoms. The van der Waals surface area contributed by atoms with E-state index in [2.05, 4.69) is 26.6 Å². The Bertz CT molecular complexity index is 1890. The minimum Gasteiger partial charge on any atom is -0.444 e. The molecule has 3 aliphatic rings. The lowest BCUT2D eigenvalue weighted by molar-refractivity contribution is -0.140. The number of fused-ring (bicyclic) bond motifs is 2. The first kappa shape index (κ1) is 41.9. The first-order chi connectivity index (χ1) is 25.4. The highest BCUT2D eigenvalue weighted by Gasteiger charge is 2.67. The molecule has 6 atom stereocenters. The van der Waals surface area contributed by atoms with Crippen molar-refractivity contribution < 1.29 is 54.3 Å². The van der Waals surface area contributed by atoms with Crippen molar-refractivity contribution in [3.05, 3.63) is 76.3 Å². The van der Waals surface area contributed by atoms with E-state index in [0.29, 0.717) is 10.9 Å². The number of hydrogen-bond acceptors (Lipinski definition) is 10. The Morgan fingerprint density at radius 1 is 1.13 bits per heavy atom. The third-order valence-corrected chi connectivity index (χ3v) is 14.5. The van der Waals surface area contributed by atoms with Crippen LogP contribution >= 0.6 is 23.3 Å². The van der Waals surface area contributed by atoms with E-state index in [1.165, 1.54) is 30.3 Å². The van der Waals surface area contributed by atoms with Gasteiger partial charge in [-0.15, -0.1) is 0 Å². The molecule has 2 aliphatic heterocycles. The van der Waals surface area contributed by atoms with E-state index >= 15 is 0 Å².